The molecule has 0 aromatic rings. The van der Waals surface area contributed by atoms with E-state index in [-0.39, 0.29) is 5.91 Å². The molecule has 0 bridgehead atoms. The van der Waals surface area contributed by atoms with Crippen molar-refractivity contribution in [3.05, 3.63) is 0 Å². The minimum absolute atomic E-state index is 0.0756. The van der Waals surface area contributed by atoms with Crippen molar-refractivity contribution in [3.8, 4) is 12.3 Å². The van der Waals surface area contributed by atoms with Crippen LogP contribution in [0.15, 0.2) is 0 Å². The minimum Gasteiger partial charge on any atom is -0.352 e. The van der Waals surface area contributed by atoms with E-state index in [0.29, 0.717) is 18.9 Å². The molecule has 72 valence electrons. The second-order valence-electron chi connectivity index (χ2n) is 3.31. The van der Waals surface area contributed by atoms with Gasteiger partial charge in [-0.05, 0) is 19.4 Å². The average molecular weight is 180 g/mol. The molecule has 3 heteroatoms. The molecule has 0 aliphatic carbocycles. The number of rotatable bonds is 3. The van der Waals surface area contributed by atoms with Gasteiger partial charge >= 0.3 is 0 Å². The van der Waals surface area contributed by atoms with Crippen molar-refractivity contribution in [1.29, 1.82) is 0 Å². The summed E-state index contributed by atoms with van der Waals surface area (Å²) in [7, 11) is 0. The molecule has 3 nitrogen and oxygen atoms in total. The van der Waals surface area contributed by atoms with E-state index in [4.69, 9.17) is 6.42 Å². The lowest BCUT2D eigenvalue weighted by atomic mass is 10.1. The van der Waals surface area contributed by atoms with E-state index in [1.165, 1.54) is 0 Å². The predicted molar refractivity (Wildman–Crippen MR) is 52.1 cm³/mol. The van der Waals surface area contributed by atoms with Gasteiger partial charge in [0, 0.05) is 25.4 Å². The van der Waals surface area contributed by atoms with Gasteiger partial charge in [-0.1, -0.05) is 0 Å². The SMILES string of the molecule is C#CCCC(=O)N[C@H]1CCCNC1. The van der Waals surface area contributed by atoms with Crippen LogP contribution in [0.25, 0.3) is 0 Å². The smallest absolute Gasteiger partial charge is 0.221 e. The number of piperidine rings is 1. The summed E-state index contributed by atoms with van der Waals surface area (Å²) < 4.78 is 0. The Morgan fingerprint density at radius 2 is 2.54 bits per heavy atom. The zero-order chi connectivity index (χ0) is 9.52. The summed E-state index contributed by atoms with van der Waals surface area (Å²) >= 11 is 0. The topological polar surface area (TPSA) is 41.1 Å². The quantitative estimate of drug-likeness (QED) is 0.612. The molecule has 1 amide bonds. The first kappa shape index (κ1) is 10.1. The van der Waals surface area contributed by atoms with Gasteiger partial charge in [0.05, 0.1) is 0 Å². The molecule has 13 heavy (non-hydrogen) atoms. The zero-order valence-electron chi connectivity index (χ0n) is 7.81. The Balaban J connectivity index is 2.15. The maximum atomic E-state index is 11.2. The molecule has 0 aromatic heterocycles. The standard InChI is InChI=1S/C10H16N2O/c1-2-3-6-10(13)12-9-5-4-7-11-8-9/h1,9,11H,3-8H2,(H,12,13)/t9-/m0/s1. The van der Waals surface area contributed by atoms with Crippen molar-refractivity contribution in [2.24, 2.45) is 0 Å². The van der Waals surface area contributed by atoms with Crippen LogP contribution in [0.3, 0.4) is 0 Å². The minimum atomic E-state index is 0.0756. The second-order valence-corrected chi connectivity index (χ2v) is 3.31. The van der Waals surface area contributed by atoms with Gasteiger partial charge in [-0.3, -0.25) is 4.79 Å². The first-order valence-electron chi connectivity index (χ1n) is 4.76. The number of nitrogens with one attached hydrogen (secondary N) is 2. The van der Waals surface area contributed by atoms with Gasteiger partial charge in [-0.15, -0.1) is 12.3 Å². The van der Waals surface area contributed by atoms with E-state index >= 15 is 0 Å². The average Bonchev–Trinajstić information content (AvgIpc) is 2.16. The van der Waals surface area contributed by atoms with Gasteiger partial charge in [0.1, 0.15) is 0 Å². The molecule has 1 fully saturated rings. The first-order valence-corrected chi connectivity index (χ1v) is 4.76. The lowest BCUT2D eigenvalue weighted by molar-refractivity contribution is -0.121. The number of hydrogen-bond donors (Lipinski definition) is 2. The molecule has 1 atom stereocenters. The van der Waals surface area contributed by atoms with Gasteiger partial charge in [0.2, 0.25) is 5.91 Å². The molecule has 1 heterocycles. The summed E-state index contributed by atoms with van der Waals surface area (Å²) in [5.74, 6) is 2.53. The number of hydrogen-bond acceptors (Lipinski definition) is 2. The van der Waals surface area contributed by atoms with E-state index in [9.17, 15) is 4.79 Å². The third-order valence-corrected chi connectivity index (χ3v) is 2.16. The van der Waals surface area contributed by atoms with Crippen molar-refractivity contribution in [2.75, 3.05) is 13.1 Å². The number of carbonyl (C=O) groups excluding carboxylic acids is 1. The summed E-state index contributed by atoms with van der Waals surface area (Å²) in [6.45, 7) is 1.96. The molecular formula is C10H16N2O. The molecular weight excluding hydrogens is 164 g/mol. The normalized spacial score (nSPS) is 21.9. The van der Waals surface area contributed by atoms with E-state index in [0.717, 1.165) is 25.9 Å². The van der Waals surface area contributed by atoms with Crippen LogP contribution in [-0.2, 0) is 4.79 Å². The van der Waals surface area contributed by atoms with Crippen molar-refractivity contribution in [3.63, 3.8) is 0 Å². The Hall–Kier alpha value is -1.01. The summed E-state index contributed by atoms with van der Waals surface area (Å²) in [4.78, 5) is 11.2. The van der Waals surface area contributed by atoms with Crippen LogP contribution >= 0.6 is 0 Å². The molecule has 1 rings (SSSR count). The van der Waals surface area contributed by atoms with Gasteiger partial charge in [0.15, 0.2) is 0 Å². The van der Waals surface area contributed by atoms with Crippen LogP contribution in [0.1, 0.15) is 25.7 Å². The molecule has 1 aliphatic heterocycles. The molecule has 1 saturated heterocycles. The Bertz CT molecular complexity index is 201. The van der Waals surface area contributed by atoms with Crippen LogP contribution in [0, 0.1) is 12.3 Å². The molecule has 0 aromatic carbocycles. The van der Waals surface area contributed by atoms with Gasteiger partial charge in [-0.25, -0.2) is 0 Å². The van der Waals surface area contributed by atoms with Crippen LogP contribution in [0.2, 0.25) is 0 Å². The highest BCUT2D eigenvalue weighted by Gasteiger charge is 2.14. The highest BCUT2D eigenvalue weighted by molar-refractivity contribution is 5.76. The van der Waals surface area contributed by atoms with Crippen molar-refractivity contribution in [1.82, 2.24) is 10.6 Å². The van der Waals surface area contributed by atoms with Crippen LogP contribution in [0.4, 0.5) is 0 Å². The lowest BCUT2D eigenvalue weighted by Gasteiger charge is -2.23. The van der Waals surface area contributed by atoms with Crippen molar-refractivity contribution >= 4 is 5.91 Å². The zero-order valence-corrected chi connectivity index (χ0v) is 7.81. The fourth-order valence-corrected chi connectivity index (χ4v) is 1.46. The molecule has 0 spiro atoms. The first-order chi connectivity index (χ1) is 6.33. The second kappa shape index (κ2) is 5.60. The Labute approximate surface area is 79.3 Å². The Kier molecular flexibility index (Phi) is 4.34. The highest BCUT2D eigenvalue weighted by atomic mass is 16.1. The maximum absolute atomic E-state index is 11.2. The lowest BCUT2D eigenvalue weighted by Crippen LogP contribution is -2.45. The molecule has 2 N–H and O–H groups in total. The van der Waals surface area contributed by atoms with E-state index in [1.807, 2.05) is 0 Å². The third kappa shape index (κ3) is 3.95. The predicted octanol–water partition coefficient (Wildman–Crippen LogP) is 0.268. The van der Waals surface area contributed by atoms with Gasteiger partial charge in [0.25, 0.3) is 0 Å². The van der Waals surface area contributed by atoms with E-state index in [1.54, 1.807) is 0 Å². The van der Waals surface area contributed by atoms with E-state index in [2.05, 4.69) is 16.6 Å². The van der Waals surface area contributed by atoms with Crippen LogP contribution < -0.4 is 10.6 Å². The fourth-order valence-electron chi connectivity index (χ4n) is 1.46. The third-order valence-electron chi connectivity index (χ3n) is 2.16. The van der Waals surface area contributed by atoms with Gasteiger partial charge < -0.3 is 10.6 Å². The van der Waals surface area contributed by atoms with E-state index < -0.39 is 0 Å². The Morgan fingerprint density at radius 3 is 3.15 bits per heavy atom. The molecule has 0 saturated carbocycles. The van der Waals surface area contributed by atoms with Crippen molar-refractivity contribution < 1.29 is 4.79 Å². The Morgan fingerprint density at radius 1 is 1.69 bits per heavy atom. The monoisotopic (exact) mass is 180 g/mol. The van der Waals surface area contributed by atoms with Gasteiger partial charge in [-0.2, -0.15) is 0 Å². The van der Waals surface area contributed by atoms with Crippen LogP contribution in [0.5, 0.6) is 0 Å². The van der Waals surface area contributed by atoms with Crippen molar-refractivity contribution in [2.45, 2.75) is 31.7 Å². The largest absolute Gasteiger partial charge is 0.352 e. The fraction of sp³-hybridized carbons (Fsp3) is 0.700. The highest BCUT2D eigenvalue weighted by Crippen LogP contribution is 2.01. The number of amides is 1. The number of carbonyl (C=O) groups is 1. The summed E-state index contributed by atoms with van der Waals surface area (Å²) in [6, 6.07) is 0.305. The molecule has 1 aliphatic rings. The number of terminal acetylenes is 1. The summed E-state index contributed by atoms with van der Waals surface area (Å²) in [6.07, 6.45) is 8.27. The van der Waals surface area contributed by atoms with Crippen LogP contribution in [-0.4, -0.2) is 25.0 Å². The maximum Gasteiger partial charge on any atom is 0.221 e. The molecule has 0 unspecified atom stereocenters. The summed E-state index contributed by atoms with van der Waals surface area (Å²) in [5, 5.41) is 6.20. The summed E-state index contributed by atoms with van der Waals surface area (Å²) in [5.41, 5.74) is 0. The molecule has 0 radical (unpaired) electrons.